The van der Waals surface area contributed by atoms with Crippen LogP contribution in [0.2, 0.25) is 0 Å². The lowest BCUT2D eigenvalue weighted by Crippen LogP contribution is -2.42. The minimum absolute atomic E-state index is 0.747. The second-order valence-electron chi connectivity index (χ2n) is 4.05. The summed E-state index contributed by atoms with van der Waals surface area (Å²) in [5.41, 5.74) is 1.15. The number of rotatable bonds is 3. The molecule has 0 radical (unpaired) electrons. The lowest BCUT2D eigenvalue weighted by molar-refractivity contribution is 0.351. The summed E-state index contributed by atoms with van der Waals surface area (Å²) < 4.78 is 1.31. The van der Waals surface area contributed by atoms with Crippen molar-refractivity contribution >= 4 is 21.6 Å². The minimum Gasteiger partial charge on any atom is -0.314 e. The van der Waals surface area contributed by atoms with Crippen molar-refractivity contribution in [3.63, 3.8) is 0 Å². The SMILES string of the molecule is c1ccc2sc(CCC3CCN3)nc2c1. The number of nitrogens with one attached hydrogen (secondary N) is 1. The monoisotopic (exact) mass is 218 g/mol. The van der Waals surface area contributed by atoms with Gasteiger partial charge in [0.05, 0.1) is 15.2 Å². The fourth-order valence-electron chi connectivity index (χ4n) is 1.92. The second kappa shape index (κ2) is 3.91. The van der Waals surface area contributed by atoms with Crippen LogP contribution in [-0.4, -0.2) is 17.6 Å². The predicted molar refractivity (Wildman–Crippen MR) is 64.3 cm³/mol. The molecule has 2 aromatic rings. The van der Waals surface area contributed by atoms with E-state index in [0.717, 1.165) is 18.0 Å². The number of aromatic nitrogens is 1. The normalized spacial score (nSPS) is 20.4. The molecule has 1 aromatic heterocycles. The molecule has 3 rings (SSSR count). The van der Waals surface area contributed by atoms with Gasteiger partial charge in [-0.2, -0.15) is 0 Å². The Morgan fingerprint density at radius 1 is 1.40 bits per heavy atom. The van der Waals surface area contributed by atoms with Gasteiger partial charge in [0, 0.05) is 12.5 Å². The first-order valence-electron chi connectivity index (χ1n) is 5.50. The van der Waals surface area contributed by atoms with Crippen LogP contribution < -0.4 is 5.32 Å². The smallest absolute Gasteiger partial charge is 0.0939 e. The molecule has 1 unspecified atom stereocenters. The van der Waals surface area contributed by atoms with Crippen molar-refractivity contribution in [2.24, 2.45) is 0 Å². The van der Waals surface area contributed by atoms with Crippen molar-refractivity contribution in [1.82, 2.24) is 10.3 Å². The molecule has 0 spiro atoms. The third kappa shape index (κ3) is 1.90. The zero-order valence-corrected chi connectivity index (χ0v) is 9.39. The van der Waals surface area contributed by atoms with Crippen molar-refractivity contribution in [2.45, 2.75) is 25.3 Å². The number of nitrogens with zero attached hydrogens (tertiary/aromatic N) is 1. The Balaban J connectivity index is 1.73. The molecule has 1 aromatic carbocycles. The maximum atomic E-state index is 4.63. The van der Waals surface area contributed by atoms with E-state index in [1.54, 1.807) is 0 Å². The fraction of sp³-hybridized carbons (Fsp3) is 0.417. The van der Waals surface area contributed by atoms with Crippen LogP contribution in [-0.2, 0) is 6.42 Å². The molecule has 0 bridgehead atoms. The summed E-state index contributed by atoms with van der Waals surface area (Å²) in [5, 5.41) is 4.71. The molecule has 0 amide bonds. The number of thiazole rings is 1. The minimum atomic E-state index is 0.747. The van der Waals surface area contributed by atoms with Crippen LogP contribution in [0, 0.1) is 0 Å². The van der Waals surface area contributed by atoms with Gasteiger partial charge < -0.3 is 5.32 Å². The Kier molecular flexibility index (Phi) is 2.43. The van der Waals surface area contributed by atoms with Gasteiger partial charge in [0.1, 0.15) is 0 Å². The van der Waals surface area contributed by atoms with Crippen molar-refractivity contribution < 1.29 is 0 Å². The quantitative estimate of drug-likeness (QED) is 0.856. The lowest BCUT2D eigenvalue weighted by atomic mass is 10.0. The Bertz CT molecular complexity index is 426. The third-order valence-corrected chi connectivity index (χ3v) is 4.07. The summed E-state index contributed by atoms with van der Waals surface area (Å²) in [6.45, 7) is 1.20. The van der Waals surface area contributed by atoms with Gasteiger partial charge in [-0.15, -0.1) is 11.3 Å². The molecular formula is C12H14N2S. The molecule has 1 aliphatic rings. The number of benzene rings is 1. The Hall–Kier alpha value is -0.930. The first kappa shape index (κ1) is 9.31. The molecular weight excluding hydrogens is 204 g/mol. The van der Waals surface area contributed by atoms with Crippen molar-refractivity contribution in [2.75, 3.05) is 6.54 Å². The van der Waals surface area contributed by atoms with Crippen molar-refractivity contribution in [1.29, 1.82) is 0 Å². The predicted octanol–water partition coefficient (Wildman–Crippen LogP) is 2.59. The van der Waals surface area contributed by atoms with E-state index in [2.05, 4.69) is 34.6 Å². The molecule has 1 N–H and O–H groups in total. The molecule has 1 saturated heterocycles. The average molecular weight is 218 g/mol. The Morgan fingerprint density at radius 3 is 3.00 bits per heavy atom. The van der Waals surface area contributed by atoms with E-state index in [1.165, 1.54) is 29.1 Å². The van der Waals surface area contributed by atoms with Gasteiger partial charge in [-0.1, -0.05) is 12.1 Å². The van der Waals surface area contributed by atoms with Gasteiger partial charge in [-0.25, -0.2) is 4.98 Å². The van der Waals surface area contributed by atoms with Crippen LogP contribution in [0.25, 0.3) is 10.2 Å². The molecule has 1 aliphatic heterocycles. The van der Waals surface area contributed by atoms with E-state index in [1.807, 2.05) is 11.3 Å². The number of hydrogen-bond acceptors (Lipinski definition) is 3. The summed E-state index contributed by atoms with van der Waals surface area (Å²) in [4.78, 5) is 4.63. The molecule has 0 aliphatic carbocycles. The largest absolute Gasteiger partial charge is 0.314 e. The van der Waals surface area contributed by atoms with Crippen molar-refractivity contribution in [3.05, 3.63) is 29.3 Å². The van der Waals surface area contributed by atoms with Gasteiger partial charge in [0.15, 0.2) is 0 Å². The highest BCUT2D eigenvalue weighted by molar-refractivity contribution is 7.18. The Morgan fingerprint density at radius 2 is 2.27 bits per heavy atom. The van der Waals surface area contributed by atoms with E-state index in [-0.39, 0.29) is 0 Å². The van der Waals surface area contributed by atoms with Gasteiger partial charge in [0.2, 0.25) is 0 Å². The highest BCUT2D eigenvalue weighted by Crippen LogP contribution is 2.23. The van der Waals surface area contributed by atoms with E-state index in [4.69, 9.17) is 0 Å². The first-order valence-corrected chi connectivity index (χ1v) is 6.31. The maximum Gasteiger partial charge on any atom is 0.0939 e. The van der Waals surface area contributed by atoms with Crippen molar-refractivity contribution in [3.8, 4) is 0 Å². The van der Waals surface area contributed by atoms with Crippen LogP contribution in [0.15, 0.2) is 24.3 Å². The van der Waals surface area contributed by atoms with E-state index >= 15 is 0 Å². The van der Waals surface area contributed by atoms with Crippen LogP contribution in [0.4, 0.5) is 0 Å². The highest BCUT2D eigenvalue weighted by Gasteiger charge is 2.16. The van der Waals surface area contributed by atoms with Gasteiger partial charge in [-0.3, -0.25) is 0 Å². The summed E-state index contributed by atoms with van der Waals surface area (Å²) in [6.07, 6.45) is 3.70. The van der Waals surface area contributed by atoms with E-state index in [9.17, 15) is 0 Å². The zero-order chi connectivity index (χ0) is 10.1. The maximum absolute atomic E-state index is 4.63. The number of fused-ring (bicyclic) bond motifs is 1. The summed E-state index contributed by atoms with van der Waals surface area (Å²) in [7, 11) is 0. The summed E-state index contributed by atoms with van der Waals surface area (Å²) in [6, 6.07) is 9.13. The molecule has 2 heterocycles. The lowest BCUT2D eigenvalue weighted by Gasteiger charge is -2.27. The average Bonchev–Trinajstić information content (AvgIpc) is 2.57. The third-order valence-electron chi connectivity index (χ3n) is 2.97. The number of para-hydroxylation sites is 1. The van der Waals surface area contributed by atoms with Crippen LogP contribution in [0.3, 0.4) is 0 Å². The zero-order valence-electron chi connectivity index (χ0n) is 8.57. The summed E-state index contributed by atoms with van der Waals surface area (Å²) in [5.74, 6) is 0. The fourth-order valence-corrected chi connectivity index (χ4v) is 2.90. The number of aryl methyl sites for hydroxylation is 1. The molecule has 1 fully saturated rings. The standard InChI is InChI=1S/C12H14N2S/c1-2-4-11-10(3-1)14-12(15-11)6-5-9-7-8-13-9/h1-4,9,13H,5-8H2. The van der Waals surface area contributed by atoms with Gasteiger partial charge >= 0.3 is 0 Å². The summed E-state index contributed by atoms with van der Waals surface area (Å²) >= 11 is 1.83. The second-order valence-corrected chi connectivity index (χ2v) is 5.17. The molecule has 78 valence electrons. The van der Waals surface area contributed by atoms with Crippen LogP contribution >= 0.6 is 11.3 Å². The van der Waals surface area contributed by atoms with Gasteiger partial charge in [0.25, 0.3) is 0 Å². The first-order chi connectivity index (χ1) is 7.42. The topological polar surface area (TPSA) is 24.9 Å². The molecule has 15 heavy (non-hydrogen) atoms. The molecule has 3 heteroatoms. The molecule has 0 saturated carbocycles. The molecule has 2 nitrogen and oxygen atoms in total. The van der Waals surface area contributed by atoms with E-state index in [0.29, 0.717) is 0 Å². The molecule has 1 atom stereocenters. The number of hydrogen-bond donors (Lipinski definition) is 1. The van der Waals surface area contributed by atoms with Crippen LogP contribution in [0.5, 0.6) is 0 Å². The van der Waals surface area contributed by atoms with Crippen LogP contribution in [0.1, 0.15) is 17.8 Å². The Labute approximate surface area is 93.3 Å². The highest BCUT2D eigenvalue weighted by atomic mass is 32.1. The van der Waals surface area contributed by atoms with Gasteiger partial charge in [-0.05, 0) is 31.5 Å². The van der Waals surface area contributed by atoms with E-state index < -0.39 is 0 Å².